The number of carbonyl (C=O) groups excluding carboxylic acids is 1. The number of hydrogen-bond acceptors (Lipinski definition) is 2. The highest BCUT2D eigenvalue weighted by molar-refractivity contribution is 9.10. The number of amides is 1. The molecule has 1 fully saturated rings. The van der Waals surface area contributed by atoms with Gasteiger partial charge in [-0.1, -0.05) is 12.5 Å². The first kappa shape index (κ1) is 14.5. The summed E-state index contributed by atoms with van der Waals surface area (Å²) in [6.45, 7) is 0.573. The SMILES string of the molecule is CN(C(=O)c1cccc(Br)c1F)C1CCCC1CN. The van der Waals surface area contributed by atoms with Gasteiger partial charge in [-0.05, 0) is 53.4 Å². The van der Waals surface area contributed by atoms with Crippen LogP contribution < -0.4 is 5.73 Å². The molecule has 1 amide bonds. The summed E-state index contributed by atoms with van der Waals surface area (Å²) >= 11 is 3.11. The minimum Gasteiger partial charge on any atom is -0.338 e. The zero-order valence-corrected chi connectivity index (χ0v) is 12.5. The number of hydrogen-bond donors (Lipinski definition) is 1. The van der Waals surface area contributed by atoms with Crippen LogP contribution in [0.1, 0.15) is 29.6 Å². The molecule has 3 nitrogen and oxygen atoms in total. The lowest BCUT2D eigenvalue weighted by Crippen LogP contribution is -2.41. The molecule has 0 heterocycles. The molecule has 2 rings (SSSR count). The third-order valence-electron chi connectivity index (χ3n) is 3.92. The first-order chi connectivity index (χ1) is 9.06. The monoisotopic (exact) mass is 328 g/mol. The summed E-state index contributed by atoms with van der Waals surface area (Å²) < 4.78 is 14.3. The fraction of sp³-hybridized carbons (Fsp3) is 0.500. The highest BCUT2D eigenvalue weighted by atomic mass is 79.9. The Kier molecular flexibility index (Phi) is 4.58. The second-order valence-electron chi connectivity index (χ2n) is 5.01. The molecule has 104 valence electrons. The molecule has 0 aromatic heterocycles. The first-order valence-electron chi connectivity index (χ1n) is 6.47. The van der Waals surface area contributed by atoms with Crippen molar-refractivity contribution in [1.82, 2.24) is 4.90 Å². The van der Waals surface area contributed by atoms with E-state index in [4.69, 9.17) is 5.73 Å². The van der Waals surface area contributed by atoms with Crippen LogP contribution in [-0.2, 0) is 0 Å². The van der Waals surface area contributed by atoms with E-state index in [2.05, 4.69) is 15.9 Å². The third kappa shape index (κ3) is 2.82. The molecule has 1 aliphatic carbocycles. The summed E-state index contributed by atoms with van der Waals surface area (Å²) in [6.07, 6.45) is 3.06. The quantitative estimate of drug-likeness (QED) is 0.927. The molecule has 0 saturated heterocycles. The normalized spacial score (nSPS) is 22.5. The molecule has 1 saturated carbocycles. The van der Waals surface area contributed by atoms with Gasteiger partial charge in [0.2, 0.25) is 0 Å². The van der Waals surface area contributed by atoms with Crippen molar-refractivity contribution in [2.45, 2.75) is 25.3 Å². The van der Waals surface area contributed by atoms with Gasteiger partial charge in [-0.3, -0.25) is 4.79 Å². The molecular weight excluding hydrogens is 311 g/mol. The van der Waals surface area contributed by atoms with Gasteiger partial charge in [0.05, 0.1) is 10.0 Å². The molecule has 1 aromatic rings. The van der Waals surface area contributed by atoms with E-state index >= 15 is 0 Å². The predicted octanol–water partition coefficient (Wildman–Crippen LogP) is 2.79. The van der Waals surface area contributed by atoms with Gasteiger partial charge in [-0.15, -0.1) is 0 Å². The van der Waals surface area contributed by atoms with Crippen LogP contribution in [0.15, 0.2) is 22.7 Å². The molecule has 0 spiro atoms. The summed E-state index contributed by atoms with van der Waals surface area (Å²) in [5.41, 5.74) is 5.85. The molecule has 1 aromatic carbocycles. The topological polar surface area (TPSA) is 46.3 Å². The van der Waals surface area contributed by atoms with Crippen LogP contribution >= 0.6 is 15.9 Å². The number of halogens is 2. The van der Waals surface area contributed by atoms with E-state index in [-0.39, 0.29) is 17.5 Å². The van der Waals surface area contributed by atoms with Crippen molar-refractivity contribution >= 4 is 21.8 Å². The number of nitrogens with zero attached hydrogens (tertiary/aromatic N) is 1. The van der Waals surface area contributed by atoms with E-state index in [0.29, 0.717) is 16.9 Å². The van der Waals surface area contributed by atoms with Crippen LogP contribution in [0.4, 0.5) is 4.39 Å². The van der Waals surface area contributed by atoms with Crippen LogP contribution in [0, 0.1) is 11.7 Å². The minimum atomic E-state index is -0.498. The zero-order valence-electron chi connectivity index (χ0n) is 10.9. The Morgan fingerprint density at radius 1 is 1.53 bits per heavy atom. The minimum absolute atomic E-state index is 0.111. The van der Waals surface area contributed by atoms with Gasteiger partial charge in [0, 0.05) is 13.1 Å². The lowest BCUT2D eigenvalue weighted by molar-refractivity contribution is 0.0695. The van der Waals surface area contributed by atoms with Crippen molar-refractivity contribution in [1.29, 1.82) is 0 Å². The zero-order chi connectivity index (χ0) is 14.0. The number of carbonyl (C=O) groups is 1. The van der Waals surface area contributed by atoms with E-state index in [1.165, 1.54) is 6.07 Å². The Morgan fingerprint density at radius 3 is 2.95 bits per heavy atom. The van der Waals surface area contributed by atoms with Gasteiger partial charge in [0.25, 0.3) is 5.91 Å². The van der Waals surface area contributed by atoms with Crippen LogP contribution in [0.3, 0.4) is 0 Å². The molecule has 19 heavy (non-hydrogen) atoms. The molecule has 0 aliphatic heterocycles. The molecule has 1 aliphatic rings. The van der Waals surface area contributed by atoms with Crippen molar-refractivity contribution in [2.24, 2.45) is 11.7 Å². The van der Waals surface area contributed by atoms with Crippen molar-refractivity contribution < 1.29 is 9.18 Å². The lowest BCUT2D eigenvalue weighted by atomic mass is 10.0. The summed E-state index contributed by atoms with van der Waals surface area (Å²) in [5.74, 6) is -0.449. The number of nitrogens with two attached hydrogens (primary N) is 1. The Hall–Kier alpha value is -0.940. The smallest absolute Gasteiger partial charge is 0.256 e. The van der Waals surface area contributed by atoms with Crippen LogP contribution in [0.25, 0.3) is 0 Å². The second kappa shape index (κ2) is 6.01. The Labute approximate surface area is 121 Å². The average molecular weight is 329 g/mol. The number of rotatable bonds is 3. The van der Waals surface area contributed by atoms with Crippen molar-refractivity contribution in [2.75, 3.05) is 13.6 Å². The third-order valence-corrected chi connectivity index (χ3v) is 4.53. The van der Waals surface area contributed by atoms with Crippen molar-refractivity contribution in [3.8, 4) is 0 Å². The summed E-state index contributed by atoms with van der Waals surface area (Å²) in [7, 11) is 1.74. The van der Waals surface area contributed by atoms with Gasteiger partial charge in [-0.2, -0.15) is 0 Å². The molecule has 5 heteroatoms. The molecule has 0 bridgehead atoms. The van der Waals surface area contributed by atoms with Crippen LogP contribution in [-0.4, -0.2) is 30.4 Å². The van der Waals surface area contributed by atoms with E-state index in [1.54, 1.807) is 24.1 Å². The summed E-state index contributed by atoms with van der Waals surface area (Å²) in [6, 6.07) is 4.90. The number of benzene rings is 1. The van der Waals surface area contributed by atoms with E-state index in [9.17, 15) is 9.18 Å². The molecule has 0 radical (unpaired) electrons. The second-order valence-corrected chi connectivity index (χ2v) is 5.87. The van der Waals surface area contributed by atoms with Crippen LogP contribution in [0.5, 0.6) is 0 Å². The maximum Gasteiger partial charge on any atom is 0.256 e. The van der Waals surface area contributed by atoms with Gasteiger partial charge in [0.15, 0.2) is 0 Å². The standard InChI is InChI=1S/C14H18BrFN2O/c1-18(12-7-2-4-9(12)8-17)14(19)10-5-3-6-11(15)13(10)16/h3,5-6,9,12H,2,4,7-8,17H2,1H3. The molecular formula is C14H18BrFN2O. The molecule has 2 atom stereocenters. The van der Waals surface area contributed by atoms with Gasteiger partial charge < -0.3 is 10.6 Å². The fourth-order valence-electron chi connectivity index (χ4n) is 2.81. The summed E-state index contributed by atoms with van der Waals surface area (Å²) in [5, 5.41) is 0. The Morgan fingerprint density at radius 2 is 2.26 bits per heavy atom. The van der Waals surface area contributed by atoms with Gasteiger partial charge in [0.1, 0.15) is 5.82 Å². The predicted molar refractivity (Wildman–Crippen MR) is 76.4 cm³/mol. The van der Waals surface area contributed by atoms with E-state index < -0.39 is 5.82 Å². The Bertz CT molecular complexity index is 481. The average Bonchev–Trinajstić information content (AvgIpc) is 2.88. The van der Waals surface area contributed by atoms with Gasteiger partial charge >= 0.3 is 0 Å². The van der Waals surface area contributed by atoms with Crippen molar-refractivity contribution in [3.05, 3.63) is 34.1 Å². The molecule has 2 N–H and O–H groups in total. The largest absolute Gasteiger partial charge is 0.338 e. The van der Waals surface area contributed by atoms with Gasteiger partial charge in [-0.25, -0.2) is 4.39 Å². The molecule has 2 unspecified atom stereocenters. The van der Waals surface area contributed by atoms with Crippen molar-refractivity contribution in [3.63, 3.8) is 0 Å². The summed E-state index contributed by atoms with van der Waals surface area (Å²) in [4.78, 5) is 14.0. The van der Waals surface area contributed by atoms with E-state index in [1.807, 2.05) is 0 Å². The Balaban J connectivity index is 2.21. The van der Waals surface area contributed by atoms with E-state index in [0.717, 1.165) is 19.3 Å². The first-order valence-corrected chi connectivity index (χ1v) is 7.26. The highest BCUT2D eigenvalue weighted by Crippen LogP contribution is 2.30. The highest BCUT2D eigenvalue weighted by Gasteiger charge is 2.32. The lowest BCUT2D eigenvalue weighted by Gasteiger charge is -2.29. The fourth-order valence-corrected chi connectivity index (χ4v) is 3.18. The maximum absolute atomic E-state index is 14.0. The maximum atomic E-state index is 14.0. The van der Waals surface area contributed by atoms with Crippen LogP contribution in [0.2, 0.25) is 0 Å².